The number of pyridine rings is 1. The smallest absolute Gasteiger partial charge is 0.238 e. The highest BCUT2D eigenvalue weighted by Gasteiger charge is 2.16. The Morgan fingerprint density at radius 1 is 1.25 bits per heavy atom. The minimum atomic E-state index is -3.59. The van der Waals surface area contributed by atoms with Gasteiger partial charge in [-0.3, -0.25) is 9.71 Å². The van der Waals surface area contributed by atoms with Crippen LogP contribution in [0.3, 0.4) is 0 Å². The van der Waals surface area contributed by atoms with E-state index in [4.69, 9.17) is 11.6 Å². The van der Waals surface area contributed by atoms with E-state index in [0.29, 0.717) is 25.8 Å². The van der Waals surface area contributed by atoms with Crippen LogP contribution in [0.5, 0.6) is 0 Å². The molecule has 3 aromatic rings. The minimum absolute atomic E-state index is 0.179. The summed E-state index contributed by atoms with van der Waals surface area (Å²) in [5.74, 6) is 0.104. The second-order valence-electron chi connectivity index (χ2n) is 4.85. The number of benzene rings is 1. The maximum absolute atomic E-state index is 12.3. The highest BCUT2D eigenvalue weighted by molar-refractivity contribution is 9.10. The molecule has 0 amide bonds. The summed E-state index contributed by atoms with van der Waals surface area (Å²) in [6, 6.07) is 10.5. The Morgan fingerprint density at radius 2 is 2.08 bits per heavy atom. The van der Waals surface area contributed by atoms with Crippen LogP contribution >= 0.6 is 38.9 Å². The molecule has 0 atom stereocenters. The lowest BCUT2D eigenvalue weighted by Gasteiger charge is -2.07. The lowest BCUT2D eigenvalue weighted by molar-refractivity contribution is 0.600. The largest absolute Gasteiger partial charge is 0.266 e. The first-order chi connectivity index (χ1) is 11.4. The second-order valence-corrected chi connectivity index (χ2v) is 8.72. The van der Waals surface area contributed by atoms with Crippen LogP contribution < -0.4 is 4.72 Å². The van der Waals surface area contributed by atoms with Crippen LogP contribution in [0.2, 0.25) is 5.02 Å². The fourth-order valence-electron chi connectivity index (χ4n) is 1.97. The summed E-state index contributed by atoms with van der Waals surface area (Å²) in [5.41, 5.74) is 1.32. The first kappa shape index (κ1) is 17.3. The van der Waals surface area contributed by atoms with E-state index in [1.165, 1.54) is 11.3 Å². The molecule has 0 radical (unpaired) electrons. The third kappa shape index (κ3) is 4.32. The molecule has 2 heterocycles. The average Bonchev–Trinajstić information content (AvgIpc) is 2.99. The number of anilines is 1. The maximum atomic E-state index is 12.3. The molecule has 0 saturated carbocycles. The zero-order valence-corrected chi connectivity index (χ0v) is 16.1. The third-order valence-corrected chi connectivity index (χ3v) is 6.06. The summed E-state index contributed by atoms with van der Waals surface area (Å²) in [6.45, 7) is 0. The molecular formula is C15H11BrClN3O2S2. The molecule has 124 valence electrons. The maximum Gasteiger partial charge on any atom is 0.238 e. The van der Waals surface area contributed by atoms with Crippen LogP contribution in [-0.2, 0) is 15.8 Å². The second kappa shape index (κ2) is 7.18. The Labute approximate surface area is 156 Å². The van der Waals surface area contributed by atoms with E-state index in [9.17, 15) is 8.42 Å². The molecule has 0 fully saturated rings. The van der Waals surface area contributed by atoms with Crippen molar-refractivity contribution in [3.05, 3.63) is 63.0 Å². The number of nitrogens with zero attached hydrogens (tertiary/aromatic N) is 2. The zero-order valence-electron chi connectivity index (χ0n) is 12.1. The number of hydrogen-bond acceptors (Lipinski definition) is 5. The van der Waals surface area contributed by atoms with E-state index in [2.05, 4.69) is 30.6 Å². The molecule has 3 rings (SSSR count). The van der Waals surface area contributed by atoms with Crippen molar-refractivity contribution in [3.8, 4) is 10.7 Å². The van der Waals surface area contributed by atoms with Crippen molar-refractivity contribution in [2.45, 2.75) is 5.75 Å². The van der Waals surface area contributed by atoms with Gasteiger partial charge in [0.2, 0.25) is 10.0 Å². The monoisotopic (exact) mass is 443 g/mol. The first-order valence-electron chi connectivity index (χ1n) is 6.74. The zero-order chi connectivity index (χ0) is 17.2. The van der Waals surface area contributed by atoms with Crippen molar-refractivity contribution >= 4 is 54.7 Å². The molecule has 0 aliphatic rings. The van der Waals surface area contributed by atoms with E-state index in [-0.39, 0.29) is 11.6 Å². The fourth-order valence-corrected chi connectivity index (χ4v) is 4.93. The molecule has 0 bridgehead atoms. The normalized spacial score (nSPS) is 11.4. The summed E-state index contributed by atoms with van der Waals surface area (Å²) in [6.07, 6.45) is 1.67. The summed E-state index contributed by atoms with van der Waals surface area (Å²) in [7, 11) is -3.59. The van der Waals surface area contributed by atoms with Gasteiger partial charge in [0.1, 0.15) is 5.01 Å². The van der Waals surface area contributed by atoms with Gasteiger partial charge in [0.25, 0.3) is 0 Å². The van der Waals surface area contributed by atoms with E-state index < -0.39 is 10.0 Å². The molecule has 1 aromatic carbocycles. The first-order valence-corrected chi connectivity index (χ1v) is 10.4. The molecule has 5 nitrogen and oxygen atoms in total. The van der Waals surface area contributed by atoms with Gasteiger partial charge in [-0.05, 0) is 29.8 Å². The third-order valence-electron chi connectivity index (χ3n) is 3.01. The average molecular weight is 445 g/mol. The number of sulfonamides is 1. The van der Waals surface area contributed by atoms with E-state index in [0.717, 1.165) is 0 Å². The lowest BCUT2D eigenvalue weighted by atomic mass is 10.2. The topological polar surface area (TPSA) is 72.0 Å². The van der Waals surface area contributed by atoms with Gasteiger partial charge < -0.3 is 0 Å². The number of hydrogen-bond donors (Lipinski definition) is 1. The number of aromatic nitrogens is 2. The van der Waals surface area contributed by atoms with Gasteiger partial charge in [-0.1, -0.05) is 39.7 Å². The van der Waals surface area contributed by atoms with Gasteiger partial charge in [0.05, 0.1) is 11.4 Å². The number of halogens is 2. The standard InChI is InChI=1S/C15H11BrClN3O2S2/c16-12-7-11(17)5-4-10(12)9-24(21,22)20-14-8-23-15(19-14)13-3-1-2-6-18-13/h1-8,20H,9H2. The Hall–Kier alpha value is -1.48. The lowest BCUT2D eigenvalue weighted by Crippen LogP contribution is -2.15. The number of thiazole rings is 1. The molecule has 1 N–H and O–H groups in total. The van der Waals surface area contributed by atoms with E-state index in [1.807, 2.05) is 18.2 Å². The Kier molecular flexibility index (Phi) is 5.19. The Morgan fingerprint density at radius 3 is 2.79 bits per heavy atom. The predicted octanol–water partition coefficient (Wildman–Crippen LogP) is 4.56. The quantitative estimate of drug-likeness (QED) is 0.626. The molecule has 0 aliphatic heterocycles. The molecule has 24 heavy (non-hydrogen) atoms. The molecule has 0 saturated heterocycles. The summed E-state index contributed by atoms with van der Waals surface area (Å²) in [5, 5.41) is 2.84. The van der Waals surface area contributed by atoms with E-state index in [1.54, 1.807) is 29.8 Å². The number of nitrogens with one attached hydrogen (secondary N) is 1. The predicted molar refractivity (Wildman–Crippen MR) is 101 cm³/mol. The summed E-state index contributed by atoms with van der Waals surface area (Å²) in [4.78, 5) is 8.48. The van der Waals surface area contributed by atoms with Gasteiger partial charge >= 0.3 is 0 Å². The molecule has 0 aliphatic carbocycles. The van der Waals surface area contributed by atoms with Gasteiger partial charge in [-0.25, -0.2) is 13.4 Å². The van der Waals surface area contributed by atoms with Crippen molar-refractivity contribution in [2.24, 2.45) is 0 Å². The van der Waals surface area contributed by atoms with Crippen molar-refractivity contribution in [3.63, 3.8) is 0 Å². The summed E-state index contributed by atoms with van der Waals surface area (Å²) >= 11 is 10.5. The van der Waals surface area contributed by atoms with Crippen LogP contribution in [0.25, 0.3) is 10.7 Å². The Balaban J connectivity index is 1.76. The fraction of sp³-hybridized carbons (Fsp3) is 0.0667. The van der Waals surface area contributed by atoms with Gasteiger partial charge in [0, 0.05) is 21.1 Å². The van der Waals surface area contributed by atoms with Crippen LogP contribution in [0, 0.1) is 0 Å². The van der Waals surface area contributed by atoms with Crippen LogP contribution in [0.1, 0.15) is 5.56 Å². The summed E-state index contributed by atoms with van der Waals surface area (Å²) < 4.78 is 27.8. The molecule has 2 aromatic heterocycles. The Bertz CT molecular complexity index is 962. The van der Waals surface area contributed by atoms with E-state index >= 15 is 0 Å². The number of rotatable bonds is 5. The van der Waals surface area contributed by atoms with Gasteiger partial charge in [-0.15, -0.1) is 11.3 Å². The van der Waals surface area contributed by atoms with Crippen LogP contribution in [0.15, 0.2) is 52.4 Å². The van der Waals surface area contributed by atoms with Crippen molar-refractivity contribution in [1.82, 2.24) is 9.97 Å². The van der Waals surface area contributed by atoms with Crippen molar-refractivity contribution < 1.29 is 8.42 Å². The highest BCUT2D eigenvalue weighted by Crippen LogP contribution is 2.26. The molecule has 9 heteroatoms. The highest BCUT2D eigenvalue weighted by atomic mass is 79.9. The molecular weight excluding hydrogens is 434 g/mol. The SMILES string of the molecule is O=S(=O)(Cc1ccc(Cl)cc1Br)Nc1csc(-c2ccccn2)n1. The van der Waals surface area contributed by atoms with Crippen LogP contribution in [0.4, 0.5) is 5.82 Å². The van der Waals surface area contributed by atoms with Crippen molar-refractivity contribution in [2.75, 3.05) is 4.72 Å². The van der Waals surface area contributed by atoms with Gasteiger partial charge in [-0.2, -0.15) is 0 Å². The van der Waals surface area contributed by atoms with Gasteiger partial charge in [0.15, 0.2) is 5.82 Å². The minimum Gasteiger partial charge on any atom is -0.266 e. The molecule has 0 unspecified atom stereocenters. The van der Waals surface area contributed by atoms with Crippen LogP contribution in [-0.4, -0.2) is 18.4 Å². The molecule has 0 spiro atoms. The van der Waals surface area contributed by atoms with Crippen molar-refractivity contribution in [1.29, 1.82) is 0 Å².